The van der Waals surface area contributed by atoms with Gasteiger partial charge < -0.3 is 11.1 Å². The number of nitrogens with two attached hydrogens (primary N) is 1. The quantitative estimate of drug-likeness (QED) is 0.780. The molecule has 0 radical (unpaired) electrons. The molecule has 9 heteroatoms. The minimum Gasteiger partial charge on any atom is -0.343 e. The summed E-state index contributed by atoms with van der Waals surface area (Å²) in [5.41, 5.74) is 4.86. The number of nitrogens with zero attached hydrogens (tertiary/aromatic N) is 1. The highest BCUT2D eigenvalue weighted by Gasteiger charge is 2.33. The second-order valence-corrected chi connectivity index (χ2v) is 7.67. The number of nitrogens with one attached hydrogen (secondary N) is 1. The monoisotopic (exact) mass is 407 g/mol. The van der Waals surface area contributed by atoms with Gasteiger partial charge in [-0.05, 0) is 23.1 Å². The Labute approximate surface area is 160 Å². The number of thiazole rings is 1. The van der Waals surface area contributed by atoms with Gasteiger partial charge in [-0.2, -0.15) is 13.2 Å². The molecule has 144 valence electrons. The molecule has 0 spiro atoms. The predicted octanol–water partition coefficient (Wildman–Crippen LogP) is 4.56. The fraction of sp³-hybridized carbons (Fsp3) is 0.412. The highest BCUT2D eigenvalue weighted by Crippen LogP contribution is 2.36. The zero-order chi connectivity index (χ0) is 18.8. The number of rotatable bonds is 4. The van der Waals surface area contributed by atoms with Crippen LogP contribution in [0.15, 0.2) is 29.6 Å². The van der Waals surface area contributed by atoms with Crippen molar-refractivity contribution >= 4 is 29.7 Å². The molecule has 0 aliphatic heterocycles. The van der Waals surface area contributed by atoms with Gasteiger partial charge in [-0.3, -0.25) is 4.79 Å². The largest absolute Gasteiger partial charge is 0.416 e. The van der Waals surface area contributed by atoms with E-state index in [2.05, 4.69) is 10.3 Å². The molecule has 1 heterocycles. The van der Waals surface area contributed by atoms with Crippen molar-refractivity contribution in [3.63, 3.8) is 0 Å². The minimum absolute atomic E-state index is 0. The van der Waals surface area contributed by atoms with Crippen molar-refractivity contribution in [2.45, 2.75) is 39.5 Å². The van der Waals surface area contributed by atoms with Crippen LogP contribution in [0.5, 0.6) is 0 Å². The van der Waals surface area contributed by atoms with Gasteiger partial charge in [0.05, 0.1) is 11.6 Å². The Bertz CT molecular complexity index is 756. The maximum absolute atomic E-state index is 13.0. The lowest BCUT2D eigenvalue weighted by atomic mass is 9.82. The van der Waals surface area contributed by atoms with Gasteiger partial charge in [0, 0.05) is 11.9 Å². The van der Waals surface area contributed by atoms with E-state index in [1.54, 1.807) is 11.4 Å². The Morgan fingerprint density at radius 2 is 1.96 bits per heavy atom. The maximum atomic E-state index is 13.0. The topological polar surface area (TPSA) is 68.0 Å². The molecule has 0 aliphatic rings. The molecule has 1 aromatic heterocycles. The van der Waals surface area contributed by atoms with Crippen LogP contribution >= 0.6 is 23.7 Å². The highest BCUT2D eigenvalue weighted by molar-refractivity contribution is 7.09. The van der Waals surface area contributed by atoms with Gasteiger partial charge in [0.1, 0.15) is 10.7 Å². The third kappa shape index (κ3) is 5.43. The summed E-state index contributed by atoms with van der Waals surface area (Å²) in [6.45, 7) is 5.79. The number of carbonyl (C=O) groups excluding carboxylic acids is 1. The van der Waals surface area contributed by atoms with Crippen molar-refractivity contribution in [2.75, 3.05) is 0 Å². The molecule has 0 aliphatic carbocycles. The van der Waals surface area contributed by atoms with E-state index in [9.17, 15) is 18.0 Å². The number of hydrogen-bond donors (Lipinski definition) is 2. The zero-order valence-corrected chi connectivity index (χ0v) is 16.2. The van der Waals surface area contributed by atoms with E-state index >= 15 is 0 Å². The number of benzene rings is 1. The molecule has 3 N–H and O–H groups in total. The van der Waals surface area contributed by atoms with Crippen molar-refractivity contribution in [3.8, 4) is 0 Å². The van der Waals surface area contributed by atoms with Crippen LogP contribution in [0.2, 0.25) is 0 Å². The fourth-order valence-corrected chi connectivity index (χ4v) is 3.06. The number of aromatic nitrogens is 1. The molecule has 1 amide bonds. The second kappa shape index (κ2) is 8.37. The van der Waals surface area contributed by atoms with E-state index in [4.69, 9.17) is 5.73 Å². The van der Waals surface area contributed by atoms with Crippen molar-refractivity contribution in [1.82, 2.24) is 10.3 Å². The SMILES string of the molecule is CC(C)(C)C(NC(=O)c1csc(CN)n1)c1cccc(C(F)(F)F)c1.Cl. The summed E-state index contributed by atoms with van der Waals surface area (Å²) in [5, 5.41) is 5.01. The second-order valence-electron chi connectivity index (χ2n) is 6.73. The van der Waals surface area contributed by atoms with E-state index in [0.717, 1.165) is 12.1 Å². The average Bonchev–Trinajstić information content (AvgIpc) is 2.99. The summed E-state index contributed by atoms with van der Waals surface area (Å²) in [7, 11) is 0. The third-order valence-electron chi connectivity index (χ3n) is 3.65. The van der Waals surface area contributed by atoms with Crippen molar-refractivity contribution in [1.29, 1.82) is 0 Å². The molecule has 4 nitrogen and oxygen atoms in total. The molecule has 1 aromatic carbocycles. The molecule has 2 aromatic rings. The minimum atomic E-state index is -4.44. The Kier molecular flexibility index (Phi) is 7.21. The van der Waals surface area contributed by atoms with Crippen molar-refractivity contribution < 1.29 is 18.0 Å². The Morgan fingerprint density at radius 3 is 2.46 bits per heavy atom. The first-order valence-corrected chi connectivity index (χ1v) is 8.53. The lowest BCUT2D eigenvalue weighted by Gasteiger charge is -2.32. The van der Waals surface area contributed by atoms with E-state index in [-0.39, 0.29) is 24.6 Å². The first-order chi connectivity index (χ1) is 11.5. The summed E-state index contributed by atoms with van der Waals surface area (Å²) in [6.07, 6.45) is -4.44. The molecular formula is C17H21ClF3N3OS. The molecule has 0 saturated heterocycles. The lowest BCUT2D eigenvalue weighted by molar-refractivity contribution is -0.137. The van der Waals surface area contributed by atoms with Gasteiger partial charge in [-0.15, -0.1) is 23.7 Å². The van der Waals surface area contributed by atoms with Crippen LogP contribution in [0.3, 0.4) is 0 Å². The summed E-state index contributed by atoms with van der Waals surface area (Å²) < 4.78 is 39.0. The van der Waals surface area contributed by atoms with Gasteiger partial charge in [0.15, 0.2) is 0 Å². The van der Waals surface area contributed by atoms with E-state index < -0.39 is 29.1 Å². The molecule has 0 saturated carbocycles. The van der Waals surface area contributed by atoms with Crippen LogP contribution in [0.4, 0.5) is 13.2 Å². The van der Waals surface area contributed by atoms with Gasteiger partial charge >= 0.3 is 6.18 Å². The number of alkyl halides is 3. The zero-order valence-electron chi connectivity index (χ0n) is 14.6. The summed E-state index contributed by atoms with van der Waals surface area (Å²) in [4.78, 5) is 16.6. The van der Waals surface area contributed by atoms with Crippen LogP contribution < -0.4 is 11.1 Å². The predicted molar refractivity (Wildman–Crippen MR) is 98.4 cm³/mol. The lowest BCUT2D eigenvalue weighted by Crippen LogP contribution is -2.37. The molecule has 0 fully saturated rings. The van der Waals surface area contributed by atoms with Gasteiger partial charge in [0.2, 0.25) is 0 Å². The number of carbonyl (C=O) groups is 1. The Balaban J connectivity index is 0.00000338. The number of amides is 1. The molecule has 26 heavy (non-hydrogen) atoms. The van der Waals surface area contributed by atoms with Gasteiger partial charge in [-0.1, -0.05) is 32.9 Å². The maximum Gasteiger partial charge on any atom is 0.416 e. The fourth-order valence-electron chi connectivity index (χ4n) is 2.41. The standard InChI is InChI=1S/C17H20F3N3OS.ClH/c1-16(2,3)14(10-5-4-6-11(7-10)17(18,19)20)23-15(24)12-9-25-13(8-21)22-12;/h4-7,9,14H,8,21H2,1-3H3,(H,23,24);1H. The third-order valence-corrected chi connectivity index (χ3v) is 4.52. The molecule has 2 rings (SSSR count). The van der Waals surface area contributed by atoms with E-state index in [0.29, 0.717) is 10.6 Å². The van der Waals surface area contributed by atoms with Crippen LogP contribution in [0, 0.1) is 5.41 Å². The smallest absolute Gasteiger partial charge is 0.343 e. The van der Waals surface area contributed by atoms with Crippen molar-refractivity contribution in [3.05, 3.63) is 51.5 Å². The van der Waals surface area contributed by atoms with Crippen LogP contribution in [-0.4, -0.2) is 10.9 Å². The summed E-state index contributed by atoms with van der Waals surface area (Å²) in [6, 6.07) is 4.41. The first-order valence-electron chi connectivity index (χ1n) is 7.65. The van der Waals surface area contributed by atoms with Gasteiger partial charge in [0.25, 0.3) is 5.91 Å². The van der Waals surface area contributed by atoms with Crippen LogP contribution in [-0.2, 0) is 12.7 Å². The Hall–Kier alpha value is -1.64. The molecule has 1 atom stereocenters. The van der Waals surface area contributed by atoms with Crippen molar-refractivity contribution in [2.24, 2.45) is 11.1 Å². The van der Waals surface area contributed by atoms with Crippen LogP contribution in [0.25, 0.3) is 0 Å². The molecular weight excluding hydrogens is 387 g/mol. The molecule has 1 unspecified atom stereocenters. The number of hydrogen-bond acceptors (Lipinski definition) is 4. The molecule has 0 bridgehead atoms. The number of halogens is 4. The highest BCUT2D eigenvalue weighted by atomic mass is 35.5. The summed E-state index contributed by atoms with van der Waals surface area (Å²) >= 11 is 1.27. The normalized spacial score (nSPS) is 13.0. The summed E-state index contributed by atoms with van der Waals surface area (Å²) in [5.74, 6) is -0.437. The van der Waals surface area contributed by atoms with Gasteiger partial charge in [-0.25, -0.2) is 4.98 Å². The Morgan fingerprint density at radius 1 is 1.31 bits per heavy atom. The first kappa shape index (κ1) is 22.4. The van der Waals surface area contributed by atoms with Crippen LogP contribution in [0.1, 0.15) is 53.4 Å². The van der Waals surface area contributed by atoms with E-state index in [1.165, 1.54) is 17.4 Å². The average molecular weight is 408 g/mol. The van der Waals surface area contributed by atoms with E-state index in [1.807, 2.05) is 20.8 Å².